The molecule has 3 aromatic rings. The first-order chi connectivity index (χ1) is 14.9. The molecule has 0 saturated heterocycles. The Labute approximate surface area is 186 Å². The number of thioether (sulfide) groups is 1. The molecule has 0 unspecified atom stereocenters. The Morgan fingerprint density at radius 2 is 1.77 bits per heavy atom. The fourth-order valence-corrected chi connectivity index (χ4v) is 3.24. The molecule has 3 rings (SSSR count). The van der Waals surface area contributed by atoms with Gasteiger partial charge in [0.15, 0.2) is 18.1 Å². The second kappa shape index (κ2) is 10.1. The smallest absolute Gasteiger partial charge is 0.341 e. The quantitative estimate of drug-likeness (QED) is 0.234. The normalized spacial score (nSPS) is 10.4. The number of benzene rings is 3. The van der Waals surface area contributed by atoms with E-state index in [9.17, 15) is 14.9 Å². The van der Waals surface area contributed by atoms with Crippen LogP contribution in [0.4, 0.5) is 5.69 Å². The third-order valence-corrected chi connectivity index (χ3v) is 4.94. The van der Waals surface area contributed by atoms with Crippen molar-refractivity contribution in [1.82, 2.24) is 0 Å². The molecule has 10 heteroatoms. The van der Waals surface area contributed by atoms with Gasteiger partial charge in [-0.1, -0.05) is 23.7 Å². The summed E-state index contributed by atoms with van der Waals surface area (Å²) in [5, 5.41) is 20.7. The van der Waals surface area contributed by atoms with Crippen LogP contribution in [0, 0.1) is 10.1 Å². The second-order valence-electron chi connectivity index (χ2n) is 6.02. The summed E-state index contributed by atoms with van der Waals surface area (Å²) >= 11 is 7.78. The Balaban J connectivity index is 1.91. The van der Waals surface area contributed by atoms with E-state index >= 15 is 0 Å². The van der Waals surface area contributed by atoms with Crippen molar-refractivity contribution in [1.29, 1.82) is 0 Å². The molecule has 0 atom stereocenters. The highest BCUT2D eigenvalue weighted by Gasteiger charge is 2.19. The van der Waals surface area contributed by atoms with Crippen LogP contribution in [0.2, 0.25) is 5.02 Å². The van der Waals surface area contributed by atoms with E-state index < -0.39 is 17.5 Å². The van der Waals surface area contributed by atoms with Gasteiger partial charge in [0.05, 0.1) is 9.95 Å². The minimum Gasteiger partial charge on any atom is -0.479 e. The predicted octanol–water partition coefficient (Wildman–Crippen LogP) is 6.02. The van der Waals surface area contributed by atoms with Crippen molar-refractivity contribution in [2.45, 2.75) is 4.90 Å². The van der Waals surface area contributed by atoms with Crippen LogP contribution in [0.25, 0.3) is 0 Å². The minimum absolute atomic E-state index is 0.106. The standard InChI is InChI=1S/C21H16ClNO7S/c1-31-14-7-9-17(15(22)11-14)29-13-6-8-16(23(26)27)20(10-13)30-19-5-3-2-4-18(19)28-12-21(24)25/h2-11H,12H2,1H3,(H,24,25). The van der Waals surface area contributed by atoms with Crippen molar-refractivity contribution in [3.05, 3.63) is 75.8 Å². The van der Waals surface area contributed by atoms with Crippen LogP contribution in [0.5, 0.6) is 28.7 Å². The number of carbonyl (C=O) groups is 1. The number of rotatable bonds is 9. The van der Waals surface area contributed by atoms with Gasteiger partial charge in [-0.2, -0.15) is 0 Å². The Hall–Kier alpha value is -3.43. The summed E-state index contributed by atoms with van der Waals surface area (Å²) in [6.07, 6.45) is 1.92. The van der Waals surface area contributed by atoms with E-state index in [0.717, 1.165) is 4.90 Å². The van der Waals surface area contributed by atoms with E-state index in [4.69, 9.17) is 30.9 Å². The highest BCUT2D eigenvalue weighted by Crippen LogP contribution is 2.40. The largest absolute Gasteiger partial charge is 0.479 e. The zero-order chi connectivity index (χ0) is 22.4. The maximum absolute atomic E-state index is 11.5. The summed E-state index contributed by atoms with van der Waals surface area (Å²) in [5.41, 5.74) is -0.302. The van der Waals surface area contributed by atoms with Crippen molar-refractivity contribution < 1.29 is 29.0 Å². The summed E-state index contributed by atoms with van der Waals surface area (Å²) in [5.74, 6) is -0.383. The second-order valence-corrected chi connectivity index (χ2v) is 7.30. The van der Waals surface area contributed by atoms with Gasteiger partial charge >= 0.3 is 11.7 Å². The van der Waals surface area contributed by atoms with E-state index in [1.165, 1.54) is 42.1 Å². The van der Waals surface area contributed by atoms with E-state index in [1.54, 1.807) is 24.3 Å². The molecule has 0 radical (unpaired) electrons. The number of nitro benzene ring substituents is 1. The molecule has 0 heterocycles. The number of nitro groups is 1. The maximum atomic E-state index is 11.5. The SMILES string of the molecule is CSc1ccc(Oc2ccc([N+](=O)[O-])c(Oc3ccccc3OCC(=O)O)c2)c(Cl)c1. The molecule has 0 aromatic heterocycles. The Kier molecular flexibility index (Phi) is 7.22. The average Bonchev–Trinajstić information content (AvgIpc) is 2.74. The van der Waals surface area contributed by atoms with Crippen molar-refractivity contribution in [2.75, 3.05) is 12.9 Å². The van der Waals surface area contributed by atoms with E-state index in [-0.39, 0.29) is 28.7 Å². The molecule has 0 aliphatic heterocycles. The number of para-hydroxylation sites is 2. The van der Waals surface area contributed by atoms with Gasteiger partial charge in [-0.05, 0) is 42.7 Å². The highest BCUT2D eigenvalue weighted by atomic mass is 35.5. The first kappa shape index (κ1) is 22.3. The number of ether oxygens (including phenoxy) is 3. The van der Waals surface area contributed by atoms with Gasteiger partial charge < -0.3 is 19.3 Å². The number of nitrogens with zero attached hydrogens (tertiary/aromatic N) is 1. The van der Waals surface area contributed by atoms with Crippen LogP contribution >= 0.6 is 23.4 Å². The maximum Gasteiger partial charge on any atom is 0.341 e. The fourth-order valence-electron chi connectivity index (χ4n) is 2.52. The van der Waals surface area contributed by atoms with Crippen LogP contribution in [0.3, 0.4) is 0 Å². The fraction of sp³-hybridized carbons (Fsp3) is 0.0952. The van der Waals surface area contributed by atoms with Gasteiger partial charge in [0, 0.05) is 17.0 Å². The number of aliphatic carboxylic acids is 1. The summed E-state index contributed by atoms with van der Waals surface area (Å²) in [4.78, 5) is 22.6. The molecule has 0 fully saturated rings. The monoisotopic (exact) mass is 461 g/mol. The molecular formula is C21H16ClNO7S. The molecule has 1 N–H and O–H groups in total. The lowest BCUT2D eigenvalue weighted by atomic mass is 10.2. The molecule has 0 saturated carbocycles. The zero-order valence-electron chi connectivity index (χ0n) is 16.1. The van der Waals surface area contributed by atoms with Crippen LogP contribution in [0.15, 0.2) is 65.6 Å². The van der Waals surface area contributed by atoms with E-state index in [2.05, 4.69) is 0 Å². The molecule has 0 bridgehead atoms. The first-order valence-corrected chi connectivity index (χ1v) is 10.4. The van der Waals surface area contributed by atoms with Crippen LogP contribution < -0.4 is 14.2 Å². The van der Waals surface area contributed by atoms with Gasteiger partial charge in [0.25, 0.3) is 0 Å². The molecule has 3 aromatic carbocycles. The number of carboxylic acid groups (broad SMARTS) is 1. The minimum atomic E-state index is -1.17. The van der Waals surface area contributed by atoms with Crippen molar-refractivity contribution >= 4 is 35.0 Å². The molecule has 0 aliphatic rings. The van der Waals surface area contributed by atoms with E-state index in [0.29, 0.717) is 10.8 Å². The van der Waals surface area contributed by atoms with Gasteiger partial charge in [-0.15, -0.1) is 11.8 Å². The molecule has 0 amide bonds. The molecule has 31 heavy (non-hydrogen) atoms. The lowest BCUT2D eigenvalue weighted by Gasteiger charge is -2.13. The molecule has 8 nitrogen and oxygen atoms in total. The van der Waals surface area contributed by atoms with Crippen LogP contribution in [-0.4, -0.2) is 28.9 Å². The Morgan fingerprint density at radius 3 is 2.42 bits per heavy atom. The number of hydrogen-bond donors (Lipinski definition) is 1. The molecule has 160 valence electrons. The zero-order valence-corrected chi connectivity index (χ0v) is 17.7. The summed E-state index contributed by atoms with van der Waals surface area (Å²) in [7, 11) is 0. The summed E-state index contributed by atoms with van der Waals surface area (Å²) in [6, 6.07) is 15.6. The van der Waals surface area contributed by atoms with Crippen LogP contribution in [-0.2, 0) is 4.79 Å². The Bertz CT molecular complexity index is 1120. The van der Waals surface area contributed by atoms with Crippen LogP contribution in [0.1, 0.15) is 0 Å². The summed E-state index contributed by atoms with van der Waals surface area (Å²) < 4.78 is 16.7. The van der Waals surface area contributed by atoms with Gasteiger partial charge in [-0.25, -0.2) is 4.79 Å². The Morgan fingerprint density at radius 1 is 1.03 bits per heavy atom. The van der Waals surface area contributed by atoms with Gasteiger partial charge in [0.2, 0.25) is 5.75 Å². The number of carboxylic acids is 1. The summed E-state index contributed by atoms with van der Waals surface area (Å²) in [6.45, 7) is -0.587. The third kappa shape index (κ3) is 5.80. The first-order valence-electron chi connectivity index (χ1n) is 8.78. The number of halogens is 1. The van der Waals surface area contributed by atoms with Gasteiger partial charge in [0.1, 0.15) is 11.5 Å². The lowest BCUT2D eigenvalue weighted by Crippen LogP contribution is -2.09. The molecule has 0 aliphatic carbocycles. The topological polar surface area (TPSA) is 108 Å². The van der Waals surface area contributed by atoms with Crippen molar-refractivity contribution in [2.24, 2.45) is 0 Å². The van der Waals surface area contributed by atoms with Crippen molar-refractivity contribution in [3.8, 4) is 28.7 Å². The molecule has 0 spiro atoms. The number of hydrogen-bond acceptors (Lipinski definition) is 7. The third-order valence-electron chi connectivity index (χ3n) is 3.92. The molecular weight excluding hydrogens is 446 g/mol. The van der Waals surface area contributed by atoms with Gasteiger partial charge in [-0.3, -0.25) is 10.1 Å². The average molecular weight is 462 g/mol. The lowest BCUT2D eigenvalue weighted by molar-refractivity contribution is -0.385. The van der Waals surface area contributed by atoms with E-state index in [1.807, 2.05) is 12.3 Å². The highest BCUT2D eigenvalue weighted by molar-refractivity contribution is 7.98. The van der Waals surface area contributed by atoms with Crippen molar-refractivity contribution in [3.63, 3.8) is 0 Å². The predicted molar refractivity (Wildman–Crippen MR) is 116 cm³/mol.